The minimum atomic E-state index is -0.953. The van der Waals surface area contributed by atoms with Crippen LogP contribution in [0.4, 0.5) is 0 Å². The first-order chi connectivity index (χ1) is 9.43. The second-order valence-electron chi connectivity index (χ2n) is 7.12. The summed E-state index contributed by atoms with van der Waals surface area (Å²) in [6.07, 6.45) is 1.01. The number of hydrogen-bond acceptors (Lipinski definition) is 5. The summed E-state index contributed by atoms with van der Waals surface area (Å²) < 4.78 is 11.8. The van der Waals surface area contributed by atoms with Gasteiger partial charge < -0.3 is 24.8 Å². The zero-order valence-corrected chi connectivity index (χ0v) is 11.9. The molecule has 1 saturated carbocycles. The van der Waals surface area contributed by atoms with E-state index >= 15 is 0 Å². The molecule has 2 aliphatic heterocycles. The number of epoxide rings is 1. The van der Waals surface area contributed by atoms with Crippen LogP contribution in [0.5, 0.6) is 0 Å². The molecule has 4 aliphatic rings. The molecule has 20 heavy (non-hydrogen) atoms. The predicted molar refractivity (Wildman–Crippen MR) is 70.0 cm³/mol. The van der Waals surface area contributed by atoms with Crippen LogP contribution in [0.2, 0.25) is 0 Å². The van der Waals surface area contributed by atoms with Crippen molar-refractivity contribution < 1.29 is 24.8 Å². The molecule has 0 aromatic rings. The molecular formula is C15H22O5. The fourth-order valence-corrected chi connectivity index (χ4v) is 5.06. The lowest BCUT2D eigenvalue weighted by atomic mass is 9.51. The summed E-state index contributed by atoms with van der Waals surface area (Å²) >= 11 is 0. The monoisotopic (exact) mass is 282 g/mol. The largest absolute Gasteiger partial charge is 0.396 e. The Hall–Kier alpha value is -0.460. The third-order valence-electron chi connectivity index (χ3n) is 6.57. The Labute approximate surface area is 118 Å². The van der Waals surface area contributed by atoms with Crippen molar-refractivity contribution in [1.82, 2.24) is 0 Å². The summed E-state index contributed by atoms with van der Waals surface area (Å²) in [4.78, 5) is 0. The molecule has 4 rings (SSSR count). The van der Waals surface area contributed by atoms with Crippen molar-refractivity contribution in [3.05, 3.63) is 11.6 Å². The van der Waals surface area contributed by atoms with Crippen molar-refractivity contribution in [3.63, 3.8) is 0 Å². The highest BCUT2D eigenvalue weighted by atomic mass is 16.6. The van der Waals surface area contributed by atoms with Crippen LogP contribution in [0.1, 0.15) is 26.7 Å². The molecule has 2 saturated heterocycles. The summed E-state index contributed by atoms with van der Waals surface area (Å²) in [6.45, 7) is 4.42. The summed E-state index contributed by atoms with van der Waals surface area (Å²) in [5, 5.41) is 31.2. The van der Waals surface area contributed by atoms with E-state index in [0.717, 1.165) is 12.8 Å². The van der Waals surface area contributed by atoms with Gasteiger partial charge in [0, 0.05) is 10.8 Å². The summed E-state index contributed by atoms with van der Waals surface area (Å²) in [7, 11) is 0. The smallest absolute Gasteiger partial charge is 0.129 e. The third-order valence-corrected chi connectivity index (χ3v) is 6.57. The second-order valence-corrected chi connectivity index (χ2v) is 7.12. The zero-order valence-electron chi connectivity index (χ0n) is 11.9. The number of hydrogen-bond donors (Lipinski definition) is 3. The lowest BCUT2D eigenvalue weighted by molar-refractivity contribution is -0.226. The second kappa shape index (κ2) is 3.65. The zero-order chi connectivity index (χ0) is 14.3. The molecule has 0 aromatic heterocycles. The quantitative estimate of drug-likeness (QED) is 0.465. The molecule has 1 spiro atoms. The van der Waals surface area contributed by atoms with Gasteiger partial charge in [-0.05, 0) is 19.8 Å². The molecule has 3 N–H and O–H groups in total. The Kier molecular flexibility index (Phi) is 2.41. The van der Waals surface area contributed by atoms with Crippen molar-refractivity contribution in [2.24, 2.45) is 10.8 Å². The van der Waals surface area contributed by atoms with Gasteiger partial charge in [-0.25, -0.2) is 0 Å². The molecule has 0 aromatic carbocycles. The predicted octanol–water partition coefficient (Wildman–Crippen LogP) is -0.0167. The molecule has 2 aliphatic carbocycles. The standard InChI is InChI=1S/C15H22O5/c1-8-3-4-14(6-16)9(5-8)20-12-10(17)11(18)13(14,2)15(12)7-19-15/h5,9-12,16-18H,3-4,6-7H2,1-2H3/t9?,10-,11-,12-,13-,14-,15-/m1/s1. The lowest BCUT2D eigenvalue weighted by Gasteiger charge is -2.57. The van der Waals surface area contributed by atoms with Gasteiger partial charge in [0.05, 0.1) is 25.4 Å². The van der Waals surface area contributed by atoms with E-state index in [1.54, 1.807) is 0 Å². The van der Waals surface area contributed by atoms with Crippen molar-refractivity contribution in [1.29, 1.82) is 0 Å². The molecule has 7 atom stereocenters. The van der Waals surface area contributed by atoms with Gasteiger partial charge in [-0.15, -0.1) is 0 Å². The maximum absolute atomic E-state index is 10.7. The van der Waals surface area contributed by atoms with E-state index in [4.69, 9.17) is 9.47 Å². The van der Waals surface area contributed by atoms with Gasteiger partial charge in [-0.2, -0.15) is 0 Å². The summed E-state index contributed by atoms with van der Waals surface area (Å²) in [6, 6.07) is 0. The van der Waals surface area contributed by atoms with E-state index < -0.39 is 34.7 Å². The van der Waals surface area contributed by atoms with Crippen LogP contribution in [-0.2, 0) is 9.47 Å². The number of aliphatic hydroxyl groups excluding tert-OH is 3. The maximum Gasteiger partial charge on any atom is 0.129 e. The molecule has 3 fully saturated rings. The van der Waals surface area contributed by atoms with Gasteiger partial charge >= 0.3 is 0 Å². The Balaban J connectivity index is 1.91. The molecule has 2 bridgehead atoms. The summed E-state index contributed by atoms with van der Waals surface area (Å²) in [5.74, 6) is 0. The minimum Gasteiger partial charge on any atom is -0.396 e. The van der Waals surface area contributed by atoms with Crippen LogP contribution in [-0.4, -0.2) is 58.6 Å². The Morgan fingerprint density at radius 3 is 2.70 bits per heavy atom. The van der Waals surface area contributed by atoms with E-state index in [9.17, 15) is 15.3 Å². The highest BCUT2D eigenvalue weighted by Gasteiger charge is 2.84. The first-order valence-electron chi connectivity index (χ1n) is 7.37. The van der Waals surface area contributed by atoms with Crippen molar-refractivity contribution >= 4 is 0 Å². The molecule has 2 heterocycles. The van der Waals surface area contributed by atoms with Gasteiger partial charge in [-0.3, -0.25) is 0 Å². The van der Waals surface area contributed by atoms with Gasteiger partial charge in [0.2, 0.25) is 0 Å². The Bertz CT molecular complexity index is 485. The lowest BCUT2D eigenvalue weighted by Crippen LogP contribution is -2.66. The molecule has 0 amide bonds. The number of fused-ring (bicyclic) bond motifs is 2. The van der Waals surface area contributed by atoms with E-state index in [1.807, 2.05) is 13.0 Å². The number of allylic oxidation sites excluding steroid dienone is 1. The summed E-state index contributed by atoms with van der Waals surface area (Å²) in [5.41, 5.74) is -0.668. The highest BCUT2D eigenvalue weighted by Crippen LogP contribution is 2.71. The number of rotatable bonds is 1. The van der Waals surface area contributed by atoms with Gasteiger partial charge in [-0.1, -0.05) is 18.6 Å². The van der Waals surface area contributed by atoms with Gasteiger partial charge in [0.25, 0.3) is 0 Å². The first kappa shape index (κ1) is 13.2. The SMILES string of the molecule is CC1=CC2O[C@@H]3[C@H](O)[C@@H](O)[C@](C)([C@@]2(CO)CC1)[C@@]31CO1. The number of aliphatic hydroxyl groups is 3. The highest BCUT2D eigenvalue weighted by molar-refractivity contribution is 5.34. The van der Waals surface area contributed by atoms with Crippen LogP contribution in [0.15, 0.2) is 11.6 Å². The van der Waals surface area contributed by atoms with E-state index in [0.29, 0.717) is 6.61 Å². The fourth-order valence-electron chi connectivity index (χ4n) is 5.06. The molecule has 112 valence electrons. The first-order valence-corrected chi connectivity index (χ1v) is 7.37. The minimum absolute atomic E-state index is 0.0699. The number of ether oxygens (including phenoxy) is 2. The van der Waals surface area contributed by atoms with Crippen molar-refractivity contribution in [2.45, 2.75) is 56.7 Å². The van der Waals surface area contributed by atoms with E-state index in [1.165, 1.54) is 5.57 Å². The van der Waals surface area contributed by atoms with Gasteiger partial charge in [0.15, 0.2) is 0 Å². The topological polar surface area (TPSA) is 82.5 Å². The van der Waals surface area contributed by atoms with Gasteiger partial charge in [0.1, 0.15) is 17.8 Å². The molecule has 0 radical (unpaired) electrons. The Morgan fingerprint density at radius 2 is 2.10 bits per heavy atom. The van der Waals surface area contributed by atoms with Crippen LogP contribution < -0.4 is 0 Å². The third kappa shape index (κ3) is 1.12. The van der Waals surface area contributed by atoms with Crippen LogP contribution in [0.25, 0.3) is 0 Å². The van der Waals surface area contributed by atoms with Crippen molar-refractivity contribution in [2.75, 3.05) is 13.2 Å². The molecule has 5 heteroatoms. The van der Waals surface area contributed by atoms with E-state index in [2.05, 4.69) is 6.92 Å². The normalized spacial score (nSPS) is 60.4. The average Bonchev–Trinajstić information content (AvgIpc) is 3.21. The Morgan fingerprint density at radius 1 is 1.40 bits per heavy atom. The molecule has 5 nitrogen and oxygen atoms in total. The van der Waals surface area contributed by atoms with Crippen LogP contribution in [0.3, 0.4) is 0 Å². The van der Waals surface area contributed by atoms with Crippen LogP contribution >= 0.6 is 0 Å². The molecular weight excluding hydrogens is 260 g/mol. The van der Waals surface area contributed by atoms with Crippen LogP contribution in [0, 0.1) is 10.8 Å². The maximum atomic E-state index is 10.7. The van der Waals surface area contributed by atoms with E-state index in [-0.39, 0.29) is 12.7 Å². The molecule has 1 unspecified atom stereocenters. The van der Waals surface area contributed by atoms with Crippen molar-refractivity contribution in [3.8, 4) is 0 Å². The fraction of sp³-hybridized carbons (Fsp3) is 0.867. The average molecular weight is 282 g/mol.